The fraction of sp³-hybridized carbons (Fsp3) is 0.800. The summed E-state index contributed by atoms with van der Waals surface area (Å²) in [5.74, 6) is 0.546. The van der Waals surface area contributed by atoms with Crippen LogP contribution in [0.5, 0.6) is 0 Å². The Morgan fingerprint density at radius 1 is 1.42 bits per heavy atom. The summed E-state index contributed by atoms with van der Waals surface area (Å²) in [5.41, 5.74) is -0.423. The number of rotatable bonds is 4. The molecule has 0 aromatic rings. The normalized spacial score (nSPS) is 20.8. The smallest absolute Gasteiger partial charge is 0.410 e. The molecule has 0 spiro atoms. The molecule has 0 saturated carbocycles. The lowest BCUT2D eigenvalue weighted by molar-refractivity contribution is 0.0162. The third kappa shape index (κ3) is 6.62. The highest BCUT2D eigenvalue weighted by Gasteiger charge is 2.27. The molecule has 1 fully saturated rings. The van der Waals surface area contributed by atoms with Crippen LogP contribution in [0.25, 0.3) is 0 Å². The van der Waals surface area contributed by atoms with Crippen LogP contribution in [0.3, 0.4) is 0 Å². The van der Waals surface area contributed by atoms with E-state index in [1.54, 1.807) is 6.08 Å². The monoisotopic (exact) mass is 269 g/mol. The summed E-state index contributed by atoms with van der Waals surface area (Å²) in [6.07, 6.45) is 7.84. The molecule has 1 saturated heterocycles. The molecule has 1 aliphatic rings. The summed E-state index contributed by atoms with van der Waals surface area (Å²) in [6.45, 7) is 7.39. The molecule has 0 radical (unpaired) electrons. The van der Waals surface area contributed by atoms with Gasteiger partial charge in [0.25, 0.3) is 0 Å². The number of aliphatic hydroxyl groups excluding tert-OH is 1. The predicted molar refractivity (Wildman–Crippen MR) is 76.0 cm³/mol. The number of likely N-dealkylation sites (tertiary alicyclic amines) is 1. The fourth-order valence-corrected chi connectivity index (χ4v) is 2.32. The highest BCUT2D eigenvalue weighted by atomic mass is 16.6. The Hall–Kier alpha value is -1.03. The summed E-state index contributed by atoms with van der Waals surface area (Å²) in [7, 11) is 0. The number of carbonyl (C=O) groups excluding carboxylic acids is 1. The van der Waals surface area contributed by atoms with Gasteiger partial charge in [-0.1, -0.05) is 12.2 Å². The first-order valence-corrected chi connectivity index (χ1v) is 7.16. The third-order valence-electron chi connectivity index (χ3n) is 3.18. The Labute approximate surface area is 116 Å². The van der Waals surface area contributed by atoms with Crippen LogP contribution in [-0.2, 0) is 4.74 Å². The lowest BCUT2D eigenvalue weighted by Gasteiger charge is -2.34. The van der Waals surface area contributed by atoms with E-state index in [4.69, 9.17) is 9.84 Å². The molecule has 1 heterocycles. The molecule has 110 valence electrons. The molecular weight excluding hydrogens is 242 g/mol. The number of nitrogens with zero attached hydrogens (tertiary/aromatic N) is 1. The maximum atomic E-state index is 12.0. The summed E-state index contributed by atoms with van der Waals surface area (Å²) >= 11 is 0. The van der Waals surface area contributed by atoms with Gasteiger partial charge < -0.3 is 14.7 Å². The Bertz CT molecular complexity index is 307. The fourth-order valence-electron chi connectivity index (χ4n) is 2.32. The zero-order chi connectivity index (χ0) is 14.3. The van der Waals surface area contributed by atoms with Crippen LogP contribution < -0.4 is 0 Å². The van der Waals surface area contributed by atoms with Gasteiger partial charge in [0.15, 0.2) is 0 Å². The SMILES string of the molecule is CC(C)(C)OC(=O)N1CCCC(CC/C=C/CO)C1. The average Bonchev–Trinajstić information content (AvgIpc) is 2.33. The second kappa shape index (κ2) is 7.53. The first-order chi connectivity index (χ1) is 8.92. The van der Waals surface area contributed by atoms with Crippen LogP contribution in [0.1, 0.15) is 46.5 Å². The van der Waals surface area contributed by atoms with E-state index in [9.17, 15) is 4.79 Å². The first kappa shape index (κ1) is 16.0. The summed E-state index contributed by atoms with van der Waals surface area (Å²) < 4.78 is 5.41. The van der Waals surface area contributed by atoms with Crippen molar-refractivity contribution in [3.63, 3.8) is 0 Å². The number of carbonyl (C=O) groups is 1. The topological polar surface area (TPSA) is 49.8 Å². The number of ether oxygens (including phenoxy) is 1. The van der Waals surface area contributed by atoms with Crippen LogP contribution in [-0.4, -0.2) is 41.4 Å². The van der Waals surface area contributed by atoms with Gasteiger partial charge >= 0.3 is 6.09 Å². The second-order valence-electron chi connectivity index (χ2n) is 6.17. The van der Waals surface area contributed by atoms with Crippen molar-refractivity contribution in [2.24, 2.45) is 5.92 Å². The van der Waals surface area contributed by atoms with Crippen LogP contribution in [0, 0.1) is 5.92 Å². The Morgan fingerprint density at radius 2 is 2.16 bits per heavy atom. The van der Waals surface area contributed by atoms with Gasteiger partial charge in [0.2, 0.25) is 0 Å². The maximum absolute atomic E-state index is 12.0. The standard InChI is InChI=1S/C15H27NO3/c1-15(2,3)19-14(18)16-10-7-9-13(12-16)8-5-4-6-11-17/h4,6,13,17H,5,7-12H2,1-3H3/b6-4+. The van der Waals surface area contributed by atoms with Gasteiger partial charge in [-0.25, -0.2) is 4.79 Å². The van der Waals surface area contributed by atoms with E-state index in [-0.39, 0.29) is 12.7 Å². The number of piperidine rings is 1. The lowest BCUT2D eigenvalue weighted by atomic mass is 9.93. The van der Waals surface area contributed by atoms with Crippen molar-refractivity contribution in [2.75, 3.05) is 19.7 Å². The molecule has 1 unspecified atom stereocenters. The number of aliphatic hydroxyl groups is 1. The van der Waals surface area contributed by atoms with E-state index < -0.39 is 5.60 Å². The number of hydrogen-bond acceptors (Lipinski definition) is 3. The van der Waals surface area contributed by atoms with E-state index in [1.165, 1.54) is 6.42 Å². The number of allylic oxidation sites excluding steroid dienone is 1. The van der Waals surface area contributed by atoms with Crippen molar-refractivity contribution in [3.8, 4) is 0 Å². The van der Waals surface area contributed by atoms with Crippen molar-refractivity contribution in [2.45, 2.75) is 52.1 Å². The zero-order valence-corrected chi connectivity index (χ0v) is 12.4. The molecule has 0 aromatic heterocycles. The minimum absolute atomic E-state index is 0.106. The van der Waals surface area contributed by atoms with E-state index in [1.807, 2.05) is 31.7 Å². The average molecular weight is 269 g/mol. The van der Waals surface area contributed by atoms with E-state index in [2.05, 4.69) is 0 Å². The molecule has 1 N–H and O–H groups in total. The third-order valence-corrected chi connectivity index (χ3v) is 3.18. The van der Waals surface area contributed by atoms with E-state index in [0.717, 1.165) is 32.4 Å². The van der Waals surface area contributed by atoms with Gasteiger partial charge in [-0.05, 0) is 52.4 Å². The van der Waals surface area contributed by atoms with Crippen molar-refractivity contribution in [1.29, 1.82) is 0 Å². The van der Waals surface area contributed by atoms with Crippen LogP contribution in [0.2, 0.25) is 0 Å². The van der Waals surface area contributed by atoms with E-state index in [0.29, 0.717) is 5.92 Å². The zero-order valence-electron chi connectivity index (χ0n) is 12.4. The molecule has 1 rings (SSSR count). The van der Waals surface area contributed by atoms with Crippen molar-refractivity contribution in [3.05, 3.63) is 12.2 Å². The molecule has 0 bridgehead atoms. The largest absolute Gasteiger partial charge is 0.444 e. The van der Waals surface area contributed by atoms with Gasteiger partial charge in [-0.3, -0.25) is 0 Å². The molecule has 1 aliphatic heterocycles. The van der Waals surface area contributed by atoms with Gasteiger partial charge in [0.1, 0.15) is 5.60 Å². The molecule has 0 aliphatic carbocycles. The molecule has 1 amide bonds. The van der Waals surface area contributed by atoms with Crippen molar-refractivity contribution in [1.82, 2.24) is 4.90 Å². The van der Waals surface area contributed by atoms with E-state index >= 15 is 0 Å². The Kier molecular flexibility index (Phi) is 6.35. The minimum Gasteiger partial charge on any atom is -0.444 e. The number of hydrogen-bond donors (Lipinski definition) is 1. The molecule has 1 atom stereocenters. The highest BCUT2D eigenvalue weighted by Crippen LogP contribution is 2.22. The van der Waals surface area contributed by atoms with Gasteiger partial charge in [-0.15, -0.1) is 0 Å². The Morgan fingerprint density at radius 3 is 2.79 bits per heavy atom. The first-order valence-electron chi connectivity index (χ1n) is 7.16. The molecule has 4 nitrogen and oxygen atoms in total. The Balaban J connectivity index is 2.37. The molecule has 19 heavy (non-hydrogen) atoms. The van der Waals surface area contributed by atoms with Gasteiger partial charge in [0.05, 0.1) is 6.61 Å². The minimum atomic E-state index is -0.423. The molecular formula is C15H27NO3. The molecule has 0 aromatic carbocycles. The van der Waals surface area contributed by atoms with Crippen molar-refractivity contribution >= 4 is 6.09 Å². The molecule has 4 heteroatoms. The van der Waals surface area contributed by atoms with Crippen LogP contribution in [0.15, 0.2) is 12.2 Å². The highest BCUT2D eigenvalue weighted by molar-refractivity contribution is 5.68. The summed E-state index contributed by atoms with van der Waals surface area (Å²) in [4.78, 5) is 13.8. The van der Waals surface area contributed by atoms with Crippen LogP contribution in [0.4, 0.5) is 4.79 Å². The lowest BCUT2D eigenvalue weighted by Crippen LogP contribution is -2.42. The second-order valence-corrected chi connectivity index (χ2v) is 6.17. The van der Waals surface area contributed by atoms with Crippen LogP contribution >= 0.6 is 0 Å². The quantitative estimate of drug-likeness (QED) is 0.798. The van der Waals surface area contributed by atoms with Gasteiger partial charge in [-0.2, -0.15) is 0 Å². The van der Waals surface area contributed by atoms with Crippen molar-refractivity contribution < 1.29 is 14.6 Å². The maximum Gasteiger partial charge on any atom is 0.410 e. The predicted octanol–water partition coefficient (Wildman–Crippen LogP) is 2.96. The summed E-state index contributed by atoms with van der Waals surface area (Å²) in [6, 6.07) is 0. The van der Waals surface area contributed by atoms with Gasteiger partial charge in [0, 0.05) is 13.1 Å². The number of amides is 1. The summed E-state index contributed by atoms with van der Waals surface area (Å²) in [5, 5.41) is 8.67.